The van der Waals surface area contributed by atoms with Crippen LogP contribution in [0.3, 0.4) is 0 Å². The molecule has 1 aliphatic rings. The highest BCUT2D eigenvalue weighted by molar-refractivity contribution is 9.10. The van der Waals surface area contributed by atoms with Crippen molar-refractivity contribution in [3.05, 3.63) is 67.9 Å². The van der Waals surface area contributed by atoms with E-state index >= 15 is 0 Å². The number of benzene rings is 2. The van der Waals surface area contributed by atoms with Crippen LogP contribution >= 0.6 is 31.9 Å². The zero-order valence-electron chi connectivity index (χ0n) is 10.7. The van der Waals surface area contributed by atoms with Gasteiger partial charge in [0.1, 0.15) is 5.82 Å². The minimum Gasteiger partial charge on any atom is -0.385 e. The molecule has 0 aliphatic heterocycles. The minimum absolute atomic E-state index is 0.351. The molecule has 0 heterocycles. The number of rotatable bonds is 1. The predicted molar refractivity (Wildman–Crippen MR) is 84.2 cm³/mol. The smallest absolute Gasteiger partial charge is 0.129 e. The van der Waals surface area contributed by atoms with E-state index in [1.165, 1.54) is 11.6 Å². The molecule has 0 saturated heterocycles. The van der Waals surface area contributed by atoms with Gasteiger partial charge >= 0.3 is 0 Å². The van der Waals surface area contributed by atoms with E-state index in [-0.39, 0.29) is 5.82 Å². The molecule has 0 aromatic heterocycles. The van der Waals surface area contributed by atoms with Gasteiger partial charge < -0.3 is 5.11 Å². The number of halogens is 3. The van der Waals surface area contributed by atoms with Gasteiger partial charge in [0.2, 0.25) is 0 Å². The molecule has 0 saturated carbocycles. The summed E-state index contributed by atoms with van der Waals surface area (Å²) < 4.78 is 15.9. The zero-order valence-corrected chi connectivity index (χ0v) is 13.8. The van der Waals surface area contributed by atoms with Crippen LogP contribution in [0.4, 0.5) is 4.39 Å². The molecule has 2 aromatic rings. The van der Waals surface area contributed by atoms with Crippen molar-refractivity contribution in [3.63, 3.8) is 0 Å². The molecule has 1 unspecified atom stereocenters. The number of aliphatic hydroxyl groups is 1. The Hall–Kier alpha value is -0.710. The van der Waals surface area contributed by atoms with Gasteiger partial charge in [0.15, 0.2) is 0 Å². The first-order valence-electron chi connectivity index (χ1n) is 6.43. The molecule has 104 valence electrons. The van der Waals surface area contributed by atoms with E-state index in [2.05, 4.69) is 37.9 Å². The van der Waals surface area contributed by atoms with E-state index in [1.807, 2.05) is 12.1 Å². The summed E-state index contributed by atoms with van der Waals surface area (Å²) in [4.78, 5) is 0. The summed E-state index contributed by atoms with van der Waals surface area (Å²) >= 11 is 6.80. The largest absolute Gasteiger partial charge is 0.385 e. The molecular weight excluding hydrogens is 387 g/mol. The second kappa shape index (κ2) is 5.24. The summed E-state index contributed by atoms with van der Waals surface area (Å²) in [5.74, 6) is -0.351. The summed E-state index contributed by atoms with van der Waals surface area (Å²) in [7, 11) is 0. The van der Waals surface area contributed by atoms with Crippen molar-refractivity contribution in [2.75, 3.05) is 0 Å². The maximum absolute atomic E-state index is 14.1. The number of hydrogen-bond donors (Lipinski definition) is 1. The number of aryl methyl sites for hydroxylation is 1. The van der Waals surface area contributed by atoms with Crippen molar-refractivity contribution in [1.29, 1.82) is 0 Å². The molecule has 1 nitrogen and oxygen atoms in total. The van der Waals surface area contributed by atoms with E-state index in [9.17, 15) is 9.50 Å². The maximum atomic E-state index is 14.1. The van der Waals surface area contributed by atoms with E-state index in [0.29, 0.717) is 18.4 Å². The molecule has 1 aliphatic carbocycles. The van der Waals surface area contributed by atoms with Crippen LogP contribution in [0.5, 0.6) is 0 Å². The summed E-state index contributed by atoms with van der Waals surface area (Å²) in [6.45, 7) is 0. The molecule has 3 rings (SSSR count). The maximum Gasteiger partial charge on any atom is 0.129 e. The first kappa shape index (κ1) is 14.2. The van der Waals surface area contributed by atoms with E-state index in [1.54, 1.807) is 12.1 Å². The molecular formula is C16H13Br2FO. The molecule has 2 aromatic carbocycles. The van der Waals surface area contributed by atoms with Crippen LogP contribution in [0.2, 0.25) is 0 Å². The molecule has 4 heteroatoms. The van der Waals surface area contributed by atoms with E-state index in [4.69, 9.17) is 0 Å². The van der Waals surface area contributed by atoms with Crippen LogP contribution in [0.25, 0.3) is 0 Å². The van der Waals surface area contributed by atoms with Crippen LogP contribution in [-0.4, -0.2) is 5.11 Å². The lowest BCUT2D eigenvalue weighted by Crippen LogP contribution is -2.34. The summed E-state index contributed by atoms with van der Waals surface area (Å²) in [5.41, 5.74) is 1.55. The Balaban J connectivity index is 2.02. The Morgan fingerprint density at radius 2 is 1.70 bits per heavy atom. The Labute approximate surface area is 134 Å². The van der Waals surface area contributed by atoms with Gasteiger partial charge in [0.25, 0.3) is 0 Å². The lowest BCUT2D eigenvalue weighted by atomic mass is 9.76. The predicted octanol–water partition coefficient (Wildman–Crippen LogP) is 4.73. The molecule has 0 bridgehead atoms. The van der Waals surface area contributed by atoms with Crippen molar-refractivity contribution in [1.82, 2.24) is 0 Å². The van der Waals surface area contributed by atoms with Gasteiger partial charge in [-0.15, -0.1) is 0 Å². The Kier molecular flexibility index (Phi) is 3.73. The molecule has 1 atom stereocenters. The van der Waals surface area contributed by atoms with Gasteiger partial charge in [-0.3, -0.25) is 0 Å². The van der Waals surface area contributed by atoms with Crippen LogP contribution in [0.15, 0.2) is 45.3 Å². The van der Waals surface area contributed by atoms with Crippen LogP contribution in [0.1, 0.15) is 23.1 Å². The molecule has 0 amide bonds. The highest BCUT2D eigenvalue weighted by atomic mass is 79.9. The third-order valence-corrected chi connectivity index (χ3v) is 4.88. The summed E-state index contributed by atoms with van der Waals surface area (Å²) in [5, 5.41) is 10.9. The second-order valence-corrected chi connectivity index (χ2v) is 7.08. The Bertz CT molecular complexity index is 672. The van der Waals surface area contributed by atoms with Gasteiger partial charge in [-0.05, 0) is 54.3 Å². The molecule has 1 N–H and O–H groups in total. The first-order chi connectivity index (χ1) is 9.48. The standard InChI is InChI=1S/C16H13Br2FO/c17-12-2-1-11-9-16(20,6-5-10(11)7-12)14-8-13(18)3-4-15(14)19/h1-4,7-8,20H,5-6,9H2. The third kappa shape index (κ3) is 2.57. The van der Waals surface area contributed by atoms with Crippen molar-refractivity contribution < 1.29 is 9.50 Å². The van der Waals surface area contributed by atoms with Crippen LogP contribution < -0.4 is 0 Å². The van der Waals surface area contributed by atoms with Crippen LogP contribution in [-0.2, 0) is 18.4 Å². The Morgan fingerprint density at radius 3 is 2.50 bits per heavy atom. The Morgan fingerprint density at radius 1 is 1.00 bits per heavy atom. The van der Waals surface area contributed by atoms with Crippen molar-refractivity contribution in [2.45, 2.75) is 24.9 Å². The minimum atomic E-state index is -1.13. The van der Waals surface area contributed by atoms with E-state index < -0.39 is 5.60 Å². The SMILES string of the molecule is OC1(c2cc(Br)ccc2F)CCc2cc(Br)ccc2C1. The lowest BCUT2D eigenvalue weighted by molar-refractivity contribution is 0.0188. The fourth-order valence-electron chi connectivity index (χ4n) is 2.83. The third-order valence-electron chi connectivity index (χ3n) is 3.89. The molecule has 20 heavy (non-hydrogen) atoms. The van der Waals surface area contributed by atoms with Gasteiger partial charge in [-0.2, -0.15) is 0 Å². The quantitative estimate of drug-likeness (QED) is 0.735. The zero-order chi connectivity index (χ0) is 14.3. The fourth-order valence-corrected chi connectivity index (χ4v) is 3.60. The monoisotopic (exact) mass is 398 g/mol. The van der Waals surface area contributed by atoms with Crippen molar-refractivity contribution in [3.8, 4) is 0 Å². The van der Waals surface area contributed by atoms with Gasteiger partial charge in [-0.1, -0.05) is 37.9 Å². The van der Waals surface area contributed by atoms with Gasteiger partial charge in [0, 0.05) is 20.9 Å². The van der Waals surface area contributed by atoms with Crippen molar-refractivity contribution in [2.24, 2.45) is 0 Å². The first-order valence-corrected chi connectivity index (χ1v) is 8.02. The van der Waals surface area contributed by atoms with Gasteiger partial charge in [0.05, 0.1) is 5.60 Å². The molecule has 0 fully saturated rings. The van der Waals surface area contributed by atoms with Crippen molar-refractivity contribution >= 4 is 31.9 Å². The lowest BCUT2D eigenvalue weighted by Gasteiger charge is -2.34. The fraction of sp³-hybridized carbons (Fsp3) is 0.250. The highest BCUT2D eigenvalue weighted by Crippen LogP contribution is 2.39. The summed E-state index contributed by atoms with van der Waals surface area (Å²) in [6.07, 6.45) is 1.73. The average Bonchev–Trinajstić information content (AvgIpc) is 2.42. The van der Waals surface area contributed by atoms with Crippen LogP contribution in [0, 0.1) is 5.82 Å². The number of fused-ring (bicyclic) bond motifs is 1. The molecule has 0 spiro atoms. The average molecular weight is 400 g/mol. The number of hydrogen-bond acceptors (Lipinski definition) is 1. The topological polar surface area (TPSA) is 20.2 Å². The molecule has 0 radical (unpaired) electrons. The van der Waals surface area contributed by atoms with E-state index in [0.717, 1.165) is 20.9 Å². The summed E-state index contributed by atoms with van der Waals surface area (Å²) in [6, 6.07) is 10.8. The second-order valence-electron chi connectivity index (χ2n) is 5.25. The normalized spacial score (nSPS) is 21.6. The van der Waals surface area contributed by atoms with Gasteiger partial charge in [-0.25, -0.2) is 4.39 Å². The highest BCUT2D eigenvalue weighted by Gasteiger charge is 2.36.